The highest BCUT2D eigenvalue weighted by molar-refractivity contribution is 7.10. The Bertz CT molecular complexity index is 754. The molecule has 0 spiro atoms. The lowest BCUT2D eigenvalue weighted by Gasteiger charge is -2.24. The lowest BCUT2D eigenvalue weighted by atomic mass is 10.1. The summed E-state index contributed by atoms with van der Waals surface area (Å²) >= 11 is 1.65. The first-order valence-corrected chi connectivity index (χ1v) is 7.69. The lowest BCUT2D eigenvalue weighted by molar-refractivity contribution is 0.0745. The summed E-state index contributed by atoms with van der Waals surface area (Å²) in [4.78, 5) is 15.6. The van der Waals surface area contributed by atoms with Crippen LogP contribution in [0.2, 0.25) is 0 Å². The summed E-state index contributed by atoms with van der Waals surface area (Å²) < 4.78 is 1.53. The van der Waals surface area contributed by atoms with Crippen LogP contribution >= 0.6 is 11.3 Å². The van der Waals surface area contributed by atoms with E-state index in [-0.39, 0.29) is 11.9 Å². The molecule has 1 aromatic carbocycles. The molecule has 3 aromatic rings. The molecule has 2 heterocycles. The molecular formula is C15H15N5OS. The second-order valence-electron chi connectivity index (χ2n) is 4.91. The summed E-state index contributed by atoms with van der Waals surface area (Å²) in [5, 5.41) is 13.1. The van der Waals surface area contributed by atoms with E-state index < -0.39 is 0 Å². The fourth-order valence-electron chi connectivity index (χ4n) is 2.16. The number of benzene rings is 1. The Labute approximate surface area is 132 Å². The fourth-order valence-corrected chi connectivity index (χ4v) is 2.99. The van der Waals surface area contributed by atoms with Gasteiger partial charge in [-0.3, -0.25) is 4.79 Å². The second kappa shape index (κ2) is 6.07. The van der Waals surface area contributed by atoms with Crippen molar-refractivity contribution in [2.45, 2.75) is 13.0 Å². The molecule has 3 rings (SSSR count). The number of rotatable bonds is 4. The van der Waals surface area contributed by atoms with Gasteiger partial charge in [0, 0.05) is 17.5 Å². The standard InChI is InChI=1S/C15H15N5OS/c1-11(14-7-4-8-22-14)19(2)15(21)12-5-3-6-13(9-12)20-10-16-17-18-20/h3-11H,1-2H3. The second-order valence-corrected chi connectivity index (χ2v) is 5.89. The molecule has 0 bridgehead atoms. The summed E-state index contributed by atoms with van der Waals surface area (Å²) in [6.07, 6.45) is 1.50. The normalized spacial score (nSPS) is 12.1. The van der Waals surface area contributed by atoms with Gasteiger partial charge in [0.25, 0.3) is 5.91 Å². The van der Waals surface area contributed by atoms with Crippen LogP contribution in [0.25, 0.3) is 5.69 Å². The fraction of sp³-hybridized carbons (Fsp3) is 0.200. The molecular weight excluding hydrogens is 298 g/mol. The summed E-state index contributed by atoms with van der Waals surface area (Å²) in [5.74, 6) is -0.0316. The van der Waals surface area contributed by atoms with E-state index in [4.69, 9.17) is 0 Å². The van der Waals surface area contributed by atoms with Gasteiger partial charge in [-0.05, 0) is 47.0 Å². The molecule has 1 amide bonds. The topological polar surface area (TPSA) is 63.9 Å². The molecule has 0 saturated carbocycles. The average molecular weight is 313 g/mol. The molecule has 0 aliphatic rings. The third kappa shape index (κ3) is 2.75. The Balaban J connectivity index is 1.84. The van der Waals surface area contributed by atoms with E-state index in [9.17, 15) is 4.79 Å². The number of thiophene rings is 1. The molecule has 0 saturated heterocycles. The van der Waals surface area contributed by atoms with Crippen molar-refractivity contribution in [2.24, 2.45) is 0 Å². The van der Waals surface area contributed by atoms with Gasteiger partial charge in [-0.15, -0.1) is 16.4 Å². The molecule has 0 aliphatic heterocycles. The van der Waals surface area contributed by atoms with E-state index in [0.29, 0.717) is 5.56 Å². The SMILES string of the molecule is CC(c1cccs1)N(C)C(=O)c1cccc(-n2cnnn2)c1. The molecule has 2 aromatic heterocycles. The molecule has 22 heavy (non-hydrogen) atoms. The molecule has 1 atom stereocenters. The molecule has 112 valence electrons. The number of aromatic nitrogens is 4. The first kappa shape index (κ1) is 14.4. The van der Waals surface area contributed by atoms with Gasteiger partial charge in [-0.25, -0.2) is 4.68 Å². The summed E-state index contributed by atoms with van der Waals surface area (Å²) in [6.45, 7) is 2.02. The zero-order valence-electron chi connectivity index (χ0n) is 12.2. The van der Waals surface area contributed by atoms with Gasteiger partial charge >= 0.3 is 0 Å². The van der Waals surface area contributed by atoms with Crippen LogP contribution in [0.15, 0.2) is 48.1 Å². The highest BCUT2D eigenvalue weighted by atomic mass is 32.1. The highest BCUT2D eigenvalue weighted by Gasteiger charge is 2.20. The van der Waals surface area contributed by atoms with E-state index in [0.717, 1.165) is 10.6 Å². The minimum atomic E-state index is -0.0316. The zero-order valence-corrected chi connectivity index (χ0v) is 13.1. The third-order valence-corrected chi connectivity index (χ3v) is 4.61. The van der Waals surface area contributed by atoms with Crippen LogP contribution in [0, 0.1) is 0 Å². The highest BCUT2D eigenvalue weighted by Crippen LogP contribution is 2.25. The van der Waals surface area contributed by atoms with Gasteiger partial charge < -0.3 is 4.90 Å². The van der Waals surface area contributed by atoms with Gasteiger partial charge in [0.15, 0.2) is 0 Å². The maximum atomic E-state index is 12.7. The van der Waals surface area contributed by atoms with E-state index >= 15 is 0 Å². The van der Waals surface area contributed by atoms with Crippen LogP contribution in [0.1, 0.15) is 28.2 Å². The van der Waals surface area contributed by atoms with Crippen LogP contribution in [-0.2, 0) is 0 Å². The lowest BCUT2D eigenvalue weighted by Crippen LogP contribution is -2.29. The Morgan fingerprint density at radius 3 is 2.86 bits per heavy atom. The van der Waals surface area contributed by atoms with E-state index in [1.54, 1.807) is 28.4 Å². The average Bonchev–Trinajstić information content (AvgIpc) is 3.25. The van der Waals surface area contributed by atoms with Crippen molar-refractivity contribution in [1.82, 2.24) is 25.1 Å². The molecule has 7 heteroatoms. The van der Waals surface area contributed by atoms with Crippen molar-refractivity contribution in [3.63, 3.8) is 0 Å². The minimum Gasteiger partial charge on any atom is -0.334 e. The molecule has 0 aliphatic carbocycles. The minimum absolute atomic E-state index is 0.0316. The molecule has 0 N–H and O–H groups in total. The van der Waals surface area contributed by atoms with Gasteiger partial charge in [-0.2, -0.15) is 0 Å². The summed E-state index contributed by atoms with van der Waals surface area (Å²) in [7, 11) is 1.82. The van der Waals surface area contributed by atoms with Crippen LogP contribution in [0.3, 0.4) is 0 Å². The number of hydrogen-bond acceptors (Lipinski definition) is 5. The van der Waals surface area contributed by atoms with Crippen LogP contribution in [0.5, 0.6) is 0 Å². The van der Waals surface area contributed by atoms with E-state index in [2.05, 4.69) is 15.5 Å². The maximum absolute atomic E-state index is 12.7. The van der Waals surface area contributed by atoms with Crippen molar-refractivity contribution in [1.29, 1.82) is 0 Å². The maximum Gasteiger partial charge on any atom is 0.254 e. The summed E-state index contributed by atoms with van der Waals surface area (Å²) in [6, 6.07) is 11.3. The number of amides is 1. The zero-order chi connectivity index (χ0) is 15.5. The van der Waals surface area contributed by atoms with Gasteiger partial charge in [0.1, 0.15) is 6.33 Å². The van der Waals surface area contributed by atoms with Gasteiger partial charge in [-0.1, -0.05) is 12.1 Å². The first-order valence-electron chi connectivity index (χ1n) is 6.81. The number of carbonyl (C=O) groups excluding carboxylic acids is 1. The quantitative estimate of drug-likeness (QED) is 0.742. The van der Waals surface area contributed by atoms with Crippen LogP contribution in [-0.4, -0.2) is 38.1 Å². The van der Waals surface area contributed by atoms with Crippen molar-refractivity contribution >= 4 is 17.2 Å². The van der Waals surface area contributed by atoms with Crippen molar-refractivity contribution < 1.29 is 4.79 Å². The predicted octanol–water partition coefficient (Wildman–Crippen LogP) is 2.56. The van der Waals surface area contributed by atoms with E-state index in [1.165, 1.54) is 11.0 Å². The Morgan fingerprint density at radius 2 is 2.18 bits per heavy atom. The van der Waals surface area contributed by atoms with Crippen molar-refractivity contribution in [3.05, 3.63) is 58.5 Å². The largest absolute Gasteiger partial charge is 0.334 e. The number of nitrogens with zero attached hydrogens (tertiary/aromatic N) is 5. The smallest absolute Gasteiger partial charge is 0.254 e. The van der Waals surface area contributed by atoms with Crippen LogP contribution in [0.4, 0.5) is 0 Å². The molecule has 0 fully saturated rings. The summed E-state index contributed by atoms with van der Waals surface area (Å²) in [5.41, 5.74) is 1.37. The molecule has 6 nitrogen and oxygen atoms in total. The Hall–Kier alpha value is -2.54. The van der Waals surface area contributed by atoms with Crippen LogP contribution < -0.4 is 0 Å². The number of carbonyl (C=O) groups is 1. The van der Waals surface area contributed by atoms with Crippen molar-refractivity contribution in [2.75, 3.05) is 7.05 Å². The molecule has 0 radical (unpaired) electrons. The van der Waals surface area contributed by atoms with Gasteiger partial charge in [0.05, 0.1) is 11.7 Å². The Morgan fingerprint density at radius 1 is 1.32 bits per heavy atom. The Kier molecular flexibility index (Phi) is 3.97. The van der Waals surface area contributed by atoms with E-state index in [1.807, 2.05) is 43.6 Å². The monoisotopic (exact) mass is 313 g/mol. The predicted molar refractivity (Wildman–Crippen MR) is 84.0 cm³/mol. The first-order chi connectivity index (χ1) is 10.7. The van der Waals surface area contributed by atoms with Gasteiger partial charge in [0.2, 0.25) is 0 Å². The third-order valence-electron chi connectivity index (χ3n) is 3.56. The molecule has 1 unspecified atom stereocenters. The van der Waals surface area contributed by atoms with Crippen molar-refractivity contribution in [3.8, 4) is 5.69 Å². The number of hydrogen-bond donors (Lipinski definition) is 0. The number of tetrazole rings is 1.